The Morgan fingerprint density at radius 1 is 1.50 bits per heavy atom. The molecule has 3 heteroatoms. The van der Waals surface area contributed by atoms with Crippen LogP contribution in [0, 0.1) is 12.3 Å². The minimum absolute atomic E-state index is 0.281. The number of hydrogen-bond donors (Lipinski definition) is 1. The SMILES string of the molecule is C#CCOc1ccccc1CNC1CCOC1C. The highest BCUT2D eigenvalue weighted by molar-refractivity contribution is 5.33. The fraction of sp³-hybridized carbons (Fsp3) is 0.467. The Morgan fingerprint density at radius 3 is 3.06 bits per heavy atom. The quantitative estimate of drug-likeness (QED) is 0.804. The Hall–Kier alpha value is -1.50. The van der Waals surface area contributed by atoms with Gasteiger partial charge in [0, 0.05) is 24.8 Å². The second kappa shape index (κ2) is 6.44. The van der Waals surface area contributed by atoms with Crippen molar-refractivity contribution in [2.45, 2.75) is 32.0 Å². The molecule has 1 fully saturated rings. The van der Waals surface area contributed by atoms with Crippen LogP contribution in [0.1, 0.15) is 18.9 Å². The van der Waals surface area contributed by atoms with E-state index in [-0.39, 0.29) is 6.10 Å². The lowest BCUT2D eigenvalue weighted by Crippen LogP contribution is -2.34. The molecule has 0 saturated carbocycles. The maximum absolute atomic E-state index is 5.53. The summed E-state index contributed by atoms with van der Waals surface area (Å²) in [5, 5.41) is 3.51. The number of nitrogens with one attached hydrogen (secondary N) is 1. The van der Waals surface area contributed by atoms with Crippen molar-refractivity contribution in [3.63, 3.8) is 0 Å². The third-order valence-corrected chi connectivity index (χ3v) is 3.21. The Labute approximate surface area is 108 Å². The summed E-state index contributed by atoms with van der Waals surface area (Å²) in [4.78, 5) is 0. The van der Waals surface area contributed by atoms with Crippen LogP contribution in [-0.2, 0) is 11.3 Å². The van der Waals surface area contributed by atoms with E-state index >= 15 is 0 Å². The molecule has 96 valence electrons. The molecule has 1 aromatic carbocycles. The minimum Gasteiger partial charge on any atom is -0.481 e. The fourth-order valence-electron chi connectivity index (χ4n) is 2.15. The first-order valence-corrected chi connectivity index (χ1v) is 6.30. The Morgan fingerprint density at radius 2 is 2.33 bits per heavy atom. The second-order valence-corrected chi connectivity index (χ2v) is 4.45. The van der Waals surface area contributed by atoms with E-state index in [1.807, 2.05) is 18.2 Å². The molecule has 1 saturated heterocycles. The first kappa shape index (κ1) is 12.9. The van der Waals surface area contributed by atoms with Crippen molar-refractivity contribution in [1.82, 2.24) is 5.32 Å². The molecule has 2 unspecified atom stereocenters. The Bertz CT molecular complexity index is 425. The fourth-order valence-corrected chi connectivity index (χ4v) is 2.15. The normalized spacial score (nSPS) is 22.7. The first-order chi connectivity index (χ1) is 8.81. The predicted octanol–water partition coefficient (Wildman–Crippen LogP) is 1.97. The average molecular weight is 245 g/mol. The monoisotopic (exact) mass is 245 g/mol. The number of terminal acetylenes is 1. The van der Waals surface area contributed by atoms with Crippen LogP contribution in [0.5, 0.6) is 5.75 Å². The Kier molecular flexibility index (Phi) is 4.63. The van der Waals surface area contributed by atoms with Gasteiger partial charge in [-0.1, -0.05) is 24.1 Å². The molecule has 1 heterocycles. The number of rotatable bonds is 5. The van der Waals surface area contributed by atoms with Gasteiger partial charge in [0.25, 0.3) is 0 Å². The molecular formula is C15H19NO2. The summed E-state index contributed by atoms with van der Waals surface area (Å²) < 4.78 is 11.0. The van der Waals surface area contributed by atoms with Gasteiger partial charge in [-0.25, -0.2) is 0 Å². The van der Waals surface area contributed by atoms with Crippen LogP contribution < -0.4 is 10.1 Å². The van der Waals surface area contributed by atoms with E-state index in [0.717, 1.165) is 30.9 Å². The molecule has 0 spiro atoms. The molecule has 0 radical (unpaired) electrons. The number of benzene rings is 1. The largest absolute Gasteiger partial charge is 0.481 e. The minimum atomic E-state index is 0.281. The zero-order valence-corrected chi connectivity index (χ0v) is 10.7. The van der Waals surface area contributed by atoms with E-state index in [4.69, 9.17) is 15.9 Å². The zero-order valence-electron chi connectivity index (χ0n) is 10.7. The molecule has 2 atom stereocenters. The zero-order chi connectivity index (χ0) is 12.8. The second-order valence-electron chi connectivity index (χ2n) is 4.45. The molecule has 18 heavy (non-hydrogen) atoms. The van der Waals surface area contributed by atoms with Gasteiger partial charge in [0.15, 0.2) is 0 Å². The molecule has 3 nitrogen and oxygen atoms in total. The maximum Gasteiger partial charge on any atom is 0.148 e. The van der Waals surface area contributed by atoms with Crippen molar-refractivity contribution < 1.29 is 9.47 Å². The van der Waals surface area contributed by atoms with Gasteiger partial charge in [-0.15, -0.1) is 6.42 Å². The van der Waals surface area contributed by atoms with Crippen LogP contribution in [-0.4, -0.2) is 25.4 Å². The number of hydrogen-bond acceptors (Lipinski definition) is 3. The lowest BCUT2D eigenvalue weighted by molar-refractivity contribution is 0.113. The lowest BCUT2D eigenvalue weighted by Gasteiger charge is -2.17. The van der Waals surface area contributed by atoms with Crippen LogP contribution in [0.25, 0.3) is 0 Å². The van der Waals surface area contributed by atoms with Gasteiger partial charge >= 0.3 is 0 Å². The van der Waals surface area contributed by atoms with E-state index in [0.29, 0.717) is 12.6 Å². The van der Waals surface area contributed by atoms with Crippen molar-refractivity contribution in [1.29, 1.82) is 0 Å². The highest BCUT2D eigenvalue weighted by Gasteiger charge is 2.23. The maximum atomic E-state index is 5.53. The lowest BCUT2D eigenvalue weighted by atomic mass is 10.1. The summed E-state index contributed by atoms with van der Waals surface area (Å²) in [7, 11) is 0. The van der Waals surface area contributed by atoms with Crippen LogP contribution in [0.3, 0.4) is 0 Å². The van der Waals surface area contributed by atoms with Gasteiger partial charge < -0.3 is 14.8 Å². The van der Waals surface area contributed by atoms with Crippen molar-refractivity contribution in [3.8, 4) is 18.1 Å². The highest BCUT2D eigenvalue weighted by Crippen LogP contribution is 2.19. The molecule has 0 bridgehead atoms. The third-order valence-electron chi connectivity index (χ3n) is 3.21. The summed E-state index contributed by atoms with van der Waals surface area (Å²) in [5.74, 6) is 3.34. The summed E-state index contributed by atoms with van der Waals surface area (Å²) in [6.07, 6.45) is 6.56. The van der Waals surface area contributed by atoms with Crippen molar-refractivity contribution in [3.05, 3.63) is 29.8 Å². The van der Waals surface area contributed by atoms with Gasteiger partial charge in [0.1, 0.15) is 12.4 Å². The standard InChI is InChI=1S/C15H19NO2/c1-3-9-18-15-7-5-4-6-13(15)11-16-14-8-10-17-12(14)2/h1,4-7,12,14,16H,8-11H2,2H3. The summed E-state index contributed by atoms with van der Waals surface area (Å²) in [5.41, 5.74) is 1.13. The smallest absolute Gasteiger partial charge is 0.148 e. The summed E-state index contributed by atoms with van der Waals surface area (Å²) in [6, 6.07) is 8.39. The van der Waals surface area contributed by atoms with Crippen molar-refractivity contribution in [2.24, 2.45) is 0 Å². The molecule has 1 N–H and O–H groups in total. The van der Waals surface area contributed by atoms with Crippen molar-refractivity contribution in [2.75, 3.05) is 13.2 Å². The van der Waals surface area contributed by atoms with Gasteiger partial charge in [0.2, 0.25) is 0 Å². The van der Waals surface area contributed by atoms with Gasteiger partial charge in [-0.3, -0.25) is 0 Å². The highest BCUT2D eigenvalue weighted by atomic mass is 16.5. The van der Waals surface area contributed by atoms with E-state index in [9.17, 15) is 0 Å². The number of para-hydroxylation sites is 1. The molecule has 0 aromatic heterocycles. The van der Waals surface area contributed by atoms with E-state index in [2.05, 4.69) is 24.2 Å². The predicted molar refractivity (Wildman–Crippen MR) is 71.4 cm³/mol. The number of ether oxygens (including phenoxy) is 2. The molecule has 1 aliphatic heterocycles. The first-order valence-electron chi connectivity index (χ1n) is 6.30. The summed E-state index contributed by atoms with van der Waals surface area (Å²) >= 11 is 0. The molecule has 1 aromatic rings. The summed E-state index contributed by atoms with van der Waals surface area (Å²) in [6.45, 7) is 4.03. The third kappa shape index (κ3) is 3.25. The van der Waals surface area contributed by atoms with E-state index in [1.54, 1.807) is 0 Å². The molecule has 0 amide bonds. The van der Waals surface area contributed by atoms with Gasteiger partial charge in [-0.2, -0.15) is 0 Å². The average Bonchev–Trinajstić information content (AvgIpc) is 2.80. The van der Waals surface area contributed by atoms with Crippen LogP contribution >= 0.6 is 0 Å². The topological polar surface area (TPSA) is 30.5 Å². The molecule has 0 aliphatic carbocycles. The molecular weight excluding hydrogens is 226 g/mol. The van der Waals surface area contributed by atoms with Gasteiger partial charge in [0.05, 0.1) is 6.10 Å². The Balaban J connectivity index is 1.94. The molecule has 2 rings (SSSR count). The van der Waals surface area contributed by atoms with Crippen LogP contribution in [0.15, 0.2) is 24.3 Å². The van der Waals surface area contributed by atoms with E-state index in [1.165, 1.54) is 0 Å². The van der Waals surface area contributed by atoms with E-state index < -0.39 is 0 Å². The van der Waals surface area contributed by atoms with Crippen LogP contribution in [0.4, 0.5) is 0 Å². The van der Waals surface area contributed by atoms with Crippen LogP contribution in [0.2, 0.25) is 0 Å². The van der Waals surface area contributed by atoms with Gasteiger partial charge in [-0.05, 0) is 19.4 Å². The van der Waals surface area contributed by atoms with Crippen molar-refractivity contribution >= 4 is 0 Å². The molecule has 1 aliphatic rings.